The molecule has 1 N–H and O–H groups in total. The van der Waals surface area contributed by atoms with Crippen molar-refractivity contribution in [3.05, 3.63) is 15.6 Å². The molecule has 1 fully saturated rings. The standard InChI is InChI=1S/C11H17N3OS/c1-8-9(2)16-10(13-8)7-14-5-3-4-12-6-11(14)15/h12H,3-7H2,1-2H3. The van der Waals surface area contributed by atoms with E-state index in [-0.39, 0.29) is 5.91 Å². The molecule has 2 heterocycles. The Morgan fingerprint density at radius 2 is 2.31 bits per heavy atom. The Balaban J connectivity index is 2.04. The second-order valence-corrected chi connectivity index (χ2v) is 5.38. The molecule has 1 aromatic heterocycles. The lowest BCUT2D eigenvalue weighted by atomic mass is 10.4. The van der Waals surface area contributed by atoms with E-state index in [2.05, 4.69) is 17.2 Å². The molecule has 1 amide bonds. The van der Waals surface area contributed by atoms with Crippen molar-refractivity contribution in [1.29, 1.82) is 0 Å². The van der Waals surface area contributed by atoms with E-state index in [0.29, 0.717) is 13.1 Å². The number of nitrogens with zero attached hydrogens (tertiary/aromatic N) is 2. The second-order valence-electron chi connectivity index (χ2n) is 4.09. The molecule has 0 aromatic carbocycles. The number of aromatic nitrogens is 1. The fourth-order valence-corrected chi connectivity index (χ4v) is 2.71. The minimum atomic E-state index is 0.183. The lowest BCUT2D eigenvalue weighted by Gasteiger charge is -2.18. The molecule has 2 rings (SSSR count). The number of aryl methyl sites for hydroxylation is 2. The first-order valence-electron chi connectivity index (χ1n) is 5.58. The lowest BCUT2D eigenvalue weighted by Crippen LogP contribution is -2.34. The molecule has 16 heavy (non-hydrogen) atoms. The summed E-state index contributed by atoms with van der Waals surface area (Å²) in [5.41, 5.74) is 1.08. The molecular weight excluding hydrogens is 222 g/mol. The van der Waals surface area contributed by atoms with Gasteiger partial charge in [0.1, 0.15) is 5.01 Å². The van der Waals surface area contributed by atoms with Crippen LogP contribution in [0.5, 0.6) is 0 Å². The third kappa shape index (κ3) is 2.59. The Hall–Kier alpha value is -0.940. The minimum absolute atomic E-state index is 0.183. The number of hydrogen-bond acceptors (Lipinski definition) is 4. The van der Waals surface area contributed by atoms with E-state index < -0.39 is 0 Å². The molecular formula is C11H17N3OS. The van der Waals surface area contributed by atoms with Crippen LogP contribution in [0.1, 0.15) is 22.0 Å². The minimum Gasteiger partial charge on any atom is -0.335 e. The maximum Gasteiger partial charge on any atom is 0.236 e. The van der Waals surface area contributed by atoms with E-state index in [1.54, 1.807) is 11.3 Å². The molecule has 0 unspecified atom stereocenters. The Morgan fingerprint density at radius 3 is 3.00 bits per heavy atom. The van der Waals surface area contributed by atoms with Gasteiger partial charge in [-0.15, -0.1) is 11.3 Å². The summed E-state index contributed by atoms with van der Waals surface area (Å²) in [6.07, 6.45) is 1.02. The van der Waals surface area contributed by atoms with Crippen molar-refractivity contribution in [1.82, 2.24) is 15.2 Å². The highest BCUT2D eigenvalue weighted by molar-refractivity contribution is 7.11. The van der Waals surface area contributed by atoms with E-state index in [9.17, 15) is 4.79 Å². The van der Waals surface area contributed by atoms with Gasteiger partial charge in [-0.1, -0.05) is 0 Å². The zero-order chi connectivity index (χ0) is 11.5. The molecule has 0 atom stereocenters. The summed E-state index contributed by atoms with van der Waals surface area (Å²) >= 11 is 1.69. The van der Waals surface area contributed by atoms with E-state index in [1.807, 2.05) is 11.8 Å². The van der Waals surface area contributed by atoms with Gasteiger partial charge in [0.2, 0.25) is 5.91 Å². The summed E-state index contributed by atoms with van der Waals surface area (Å²) in [4.78, 5) is 19.4. The van der Waals surface area contributed by atoms with Gasteiger partial charge in [0.05, 0.1) is 18.8 Å². The maximum atomic E-state index is 11.8. The molecule has 1 aliphatic heterocycles. The second kappa shape index (κ2) is 4.93. The predicted octanol–water partition coefficient (Wildman–Crippen LogP) is 1.08. The zero-order valence-corrected chi connectivity index (χ0v) is 10.6. The van der Waals surface area contributed by atoms with Crippen molar-refractivity contribution in [3.63, 3.8) is 0 Å². The number of amides is 1. The highest BCUT2D eigenvalue weighted by Gasteiger charge is 2.17. The first-order valence-corrected chi connectivity index (χ1v) is 6.40. The van der Waals surface area contributed by atoms with Crippen LogP contribution in [0.4, 0.5) is 0 Å². The van der Waals surface area contributed by atoms with Crippen LogP contribution in [0, 0.1) is 13.8 Å². The van der Waals surface area contributed by atoms with Gasteiger partial charge in [-0.05, 0) is 26.8 Å². The maximum absolute atomic E-state index is 11.8. The average molecular weight is 239 g/mol. The molecule has 0 radical (unpaired) electrons. The Kier molecular flexibility index (Phi) is 3.56. The summed E-state index contributed by atoms with van der Waals surface area (Å²) in [5, 5.41) is 4.17. The van der Waals surface area contributed by atoms with Crippen LogP contribution in [0.2, 0.25) is 0 Å². The summed E-state index contributed by atoms with van der Waals surface area (Å²) in [6, 6.07) is 0. The van der Waals surface area contributed by atoms with E-state index in [0.717, 1.165) is 30.2 Å². The monoisotopic (exact) mass is 239 g/mol. The fourth-order valence-electron chi connectivity index (χ4n) is 1.76. The summed E-state index contributed by atoms with van der Waals surface area (Å²) in [5.74, 6) is 0.183. The molecule has 0 bridgehead atoms. The highest BCUT2D eigenvalue weighted by atomic mass is 32.1. The third-order valence-corrected chi connectivity index (χ3v) is 3.87. The summed E-state index contributed by atoms with van der Waals surface area (Å²) < 4.78 is 0. The fraction of sp³-hybridized carbons (Fsp3) is 0.636. The normalized spacial score (nSPS) is 17.6. The van der Waals surface area contributed by atoms with Crippen molar-refractivity contribution in [2.75, 3.05) is 19.6 Å². The highest BCUT2D eigenvalue weighted by Crippen LogP contribution is 2.18. The van der Waals surface area contributed by atoms with Crippen molar-refractivity contribution in [2.24, 2.45) is 0 Å². The molecule has 88 valence electrons. The number of hydrogen-bond donors (Lipinski definition) is 1. The van der Waals surface area contributed by atoms with Gasteiger partial charge >= 0.3 is 0 Å². The first kappa shape index (κ1) is 11.5. The van der Waals surface area contributed by atoms with Crippen LogP contribution in [-0.2, 0) is 11.3 Å². The molecule has 4 nitrogen and oxygen atoms in total. The van der Waals surface area contributed by atoms with Crippen molar-refractivity contribution < 1.29 is 4.79 Å². The van der Waals surface area contributed by atoms with Gasteiger partial charge < -0.3 is 10.2 Å². The molecule has 0 aliphatic carbocycles. The molecule has 1 saturated heterocycles. The van der Waals surface area contributed by atoms with Crippen LogP contribution in [0.3, 0.4) is 0 Å². The Morgan fingerprint density at radius 1 is 1.50 bits per heavy atom. The molecule has 1 aromatic rings. The van der Waals surface area contributed by atoms with E-state index in [4.69, 9.17) is 0 Å². The number of carbonyl (C=O) groups excluding carboxylic acids is 1. The molecule has 0 saturated carbocycles. The Bertz CT molecular complexity index is 369. The number of carbonyl (C=O) groups is 1. The number of rotatable bonds is 2. The van der Waals surface area contributed by atoms with Gasteiger partial charge in [0, 0.05) is 11.4 Å². The first-order chi connectivity index (χ1) is 7.66. The number of thiazole rings is 1. The van der Waals surface area contributed by atoms with Gasteiger partial charge in [0.15, 0.2) is 0 Å². The van der Waals surface area contributed by atoms with Crippen LogP contribution < -0.4 is 5.32 Å². The van der Waals surface area contributed by atoms with Gasteiger partial charge in [-0.3, -0.25) is 4.79 Å². The largest absolute Gasteiger partial charge is 0.335 e. The smallest absolute Gasteiger partial charge is 0.236 e. The topological polar surface area (TPSA) is 45.2 Å². The van der Waals surface area contributed by atoms with E-state index in [1.165, 1.54) is 4.88 Å². The number of nitrogens with one attached hydrogen (secondary N) is 1. The van der Waals surface area contributed by atoms with Crippen molar-refractivity contribution in [3.8, 4) is 0 Å². The van der Waals surface area contributed by atoms with Gasteiger partial charge in [-0.25, -0.2) is 4.98 Å². The molecule has 0 spiro atoms. The van der Waals surface area contributed by atoms with Crippen molar-refractivity contribution in [2.45, 2.75) is 26.8 Å². The average Bonchev–Trinajstić information content (AvgIpc) is 2.44. The quantitative estimate of drug-likeness (QED) is 0.840. The van der Waals surface area contributed by atoms with Crippen LogP contribution in [0.15, 0.2) is 0 Å². The van der Waals surface area contributed by atoms with Crippen molar-refractivity contribution >= 4 is 17.2 Å². The van der Waals surface area contributed by atoms with Crippen LogP contribution in [-0.4, -0.2) is 35.4 Å². The van der Waals surface area contributed by atoms with Gasteiger partial charge in [0.25, 0.3) is 0 Å². The summed E-state index contributed by atoms with van der Waals surface area (Å²) in [6.45, 7) is 6.98. The zero-order valence-electron chi connectivity index (χ0n) is 9.75. The van der Waals surface area contributed by atoms with E-state index >= 15 is 0 Å². The molecule has 1 aliphatic rings. The lowest BCUT2D eigenvalue weighted by molar-refractivity contribution is -0.130. The van der Waals surface area contributed by atoms with Crippen LogP contribution >= 0.6 is 11.3 Å². The summed E-state index contributed by atoms with van der Waals surface area (Å²) in [7, 11) is 0. The Labute approximate surface area is 99.7 Å². The predicted molar refractivity (Wildman–Crippen MR) is 64.5 cm³/mol. The third-order valence-electron chi connectivity index (χ3n) is 2.81. The molecule has 5 heteroatoms. The van der Waals surface area contributed by atoms with Gasteiger partial charge in [-0.2, -0.15) is 0 Å². The SMILES string of the molecule is Cc1nc(CN2CCCNCC2=O)sc1C. The van der Waals surface area contributed by atoms with Crippen LogP contribution in [0.25, 0.3) is 0 Å².